The largest absolute Gasteiger partial charge is 0.325 e. The Morgan fingerprint density at radius 1 is 1.20 bits per heavy atom. The molecule has 0 atom stereocenters. The van der Waals surface area contributed by atoms with Gasteiger partial charge in [-0.1, -0.05) is 0 Å². The molecule has 6 nitrogen and oxygen atoms in total. The zero-order valence-electron chi connectivity index (χ0n) is 8.29. The van der Waals surface area contributed by atoms with E-state index >= 15 is 0 Å². The van der Waals surface area contributed by atoms with Crippen LogP contribution < -0.4 is 11.2 Å². The number of rotatable bonds is 3. The van der Waals surface area contributed by atoms with Crippen LogP contribution in [0, 0.1) is 0 Å². The fourth-order valence-electron chi connectivity index (χ4n) is 1.36. The minimum Gasteiger partial charge on any atom is -0.314 e. The van der Waals surface area contributed by atoms with Crippen LogP contribution in [0.4, 0.5) is 0 Å². The molecule has 0 radical (unpaired) electrons. The molecule has 2 N–H and O–H groups in total. The SMILES string of the molecule is CC(=O)C(C(C)=O)c1c[nH]c(=O)[nH]c1=O. The molecule has 0 aliphatic rings. The molecule has 1 aromatic heterocycles. The van der Waals surface area contributed by atoms with Gasteiger partial charge in [0.15, 0.2) is 0 Å². The maximum absolute atomic E-state index is 11.3. The van der Waals surface area contributed by atoms with Crippen LogP contribution in [-0.4, -0.2) is 21.5 Å². The molecule has 0 spiro atoms. The summed E-state index contributed by atoms with van der Waals surface area (Å²) < 4.78 is 0. The Labute approximate surface area is 84.3 Å². The maximum atomic E-state index is 11.3. The number of hydrogen-bond donors (Lipinski definition) is 2. The minimum absolute atomic E-state index is 0.0328. The summed E-state index contributed by atoms with van der Waals surface area (Å²) in [6.45, 7) is 2.44. The summed E-state index contributed by atoms with van der Waals surface area (Å²) in [6, 6.07) is 0. The number of carbonyl (C=O) groups is 2. The van der Waals surface area contributed by atoms with E-state index in [2.05, 4.69) is 4.98 Å². The van der Waals surface area contributed by atoms with Crippen molar-refractivity contribution in [1.82, 2.24) is 9.97 Å². The molecule has 6 heteroatoms. The minimum atomic E-state index is -1.11. The van der Waals surface area contributed by atoms with E-state index in [0.29, 0.717) is 0 Å². The smallest absolute Gasteiger partial charge is 0.314 e. The third-order valence-electron chi connectivity index (χ3n) is 1.97. The predicted octanol–water partition coefficient (Wildman–Crippen LogP) is -0.675. The van der Waals surface area contributed by atoms with E-state index in [1.54, 1.807) is 0 Å². The molecular formula is C9H10N2O4. The predicted molar refractivity (Wildman–Crippen MR) is 51.8 cm³/mol. The first kappa shape index (κ1) is 11.1. The third kappa shape index (κ3) is 2.28. The van der Waals surface area contributed by atoms with Crippen LogP contribution in [-0.2, 0) is 9.59 Å². The lowest BCUT2D eigenvalue weighted by Gasteiger charge is -2.07. The monoisotopic (exact) mass is 210 g/mol. The van der Waals surface area contributed by atoms with Gasteiger partial charge in [0.25, 0.3) is 5.56 Å². The van der Waals surface area contributed by atoms with Gasteiger partial charge in [-0.3, -0.25) is 19.4 Å². The number of H-pyrrole nitrogens is 2. The van der Waals surface area contributed by atoms with Crippen molar-refractivity contribution in [2.75, 3.05) is 0 Å². The Balaban J connectivity index is 3.36. The van der Waals surface area contributed by atoms with E-state index in [1.807, 2.05) is 4.98 Å². The Morgan fingerprint density at radius 2 is 1.73 bits per heavy atom. The van der Waals surface area contributed by atoms with Crippen LogP contribution in [0.1, 0.15) is 25.3 Å². The summed E-state index contributed by atoms with van der Waals surface area (Å²) in [7, 11) is 0. The molecule has 1 aromatic rings. The average molecular weight is 210 g/mol. The summed E-state index contributed by atoms with van der Waals surface area (Å²) >= 11 is 0. The van der Waals surface area contributed by atoms with E-state index < -0.39 is 28.7 Å². The van der Waals surface area contributed by atoms with Crippen molar-refractivity contribution < 1.29 is 9.59 Å². The Hall–Kier alpha value is -1.98. The molecular weight excluding hydrogens is 200 g/mol. The highest BCUT2D eigenvalue weighted by molar-refractivity contribution is 6.05. The van der Waals surface area contributed by atoms with Gasteiger partial charge in [-0.2, -0.15) is 0 Å². The summed E-state index contributed by atoms with van der Waals surface area (Å²) in [6.07, 6.45) is 1.09. The van der Waals surface area contributed by atoms with Gasteiger partial charge in [-0.15, -0.1) is 0 Å². The number of aromatic nitrogens is 2. The molecule has 0 aromatic carbocycles. The molecule has 0 aliphatic carbocycles. The second-order valence-corrected chi connectivity index (χ2v) is 3.18. The van der Waals surface area contributed by atoms with E-state index in [0.717, 1.165) is 6.20 Å². The standard InChI is InChI=1S/C9H10N2O4/c1-4(12)7(5(2)13)6-3-10-9(15)11-8(6)14/h3,7H,1-2H3,(H2,10,11,14,15). The summed E-state index contributed by atoms with van der Waals surface area (Å²) in [5.74, 6) is -1.97. The second kappa shape index (κ2) is 4.04. The number of carbonyl (C=O) groups excluding carboxylic acids is 2. The second-order valence-electron chi connectivity index (χ2n) is 3.18. The first-order valence-electron chi connectivity index (χ1n) is 4.26. The molecule has 0 bridgehead atoms. The van der Waals surface area contributed by atoms with E-state index in [4.69, 9.17) is 0 Å². The first-order chi connectivity index (χ1) is 6.93. The van der Waals surface area contributed by atoms with Gasteiger partial charge in [0.2, 0.25) is 0 Å². The van der Waals surface area contributed by atoms with E-state index in [1.165, 1.54) is 13.8 Å². The molecule has 0 saturated heterocycles. The zero-order chi connectivity index (χ0) is 11.6. The van der Waals surface area contributed by atoms with Gasteiger partial charge in [0.1, 0.15) is 17.5 Å². The summed E-state index contributed by atoms with van der Waals surface area (Å²) in [4.78, 5) is 48.5. The molecule has 15 heavy (non-hydrogen) atoms. The number of ketones is 2. The zero-order valence-corrected chi connectivity index (χ0v) is 8.29. The third-order valence-corrected chi connectivity index (χ3v) is 1.97. The van der Waals surface area contributed by atoms with Crippen molar-refractivity contribution in [3.05, 3.63) is 32.6 Å². The van der Waals surface area contributed by atoms with Crippen molar-refractivity contribution in [3.8, 4) is 0 Å². The number of aromatic amines is 2. The van der Waals surface area contributed by atoms with Crippen LogP contribution in [0.25, 0.3) is 0 Å². The summed E-state index contributed by atoms with van der Waals surface area (Å²) in [5, 5.41) is 0. The molecule has 0 unspecified atom stereocenters. The lowest BCUT2D eigenvalue weighted by molar-refractivity contribution is -0.126. The molecule has 0 aliphatic heterocycles. The molecule has 0 amide bonds. The van der Waals surface area contributed by atoms with Gasteiger partial charge in [-0.05, 0) is 13.8 Å². The van der Waals surface area contributed by atoms with Crippen molar-refractivity contribution in [2.45, 2.75) is 19.8 Å². The van der Waals surface area contributed by atoms with Crippen LogP contribution in [0.5, 0.6) is 0 Å². The molecule has 0 fully saturated rings. The number of hydrogen-bond acceptors (Lipinski definition) is 4. The van der Waals surface area contributed by atoms with Crippen molar-refractivity contribution in [3.63, 3.8) is 0 Å². The quantitative estimate of drug-likeness (QED) is 0.646. The Kier molecular flexibility index (Phi) is 2.99. The van der Waals surface area contributed by atoms with E-state index in [9.17, 15) is 19.2 Å². The van der Waals surface area contributed by atoms with Crippen LogP contribution in [0.2, 0.25) is 0 Å². The van der Waals surface area contributed by atoms with Gasteiger partial charge in [0.05, 0.1) is 5.56 Å². The van der Waals surface area contributed by atoms with Gasteiger partial charge >= 0.3 is 5.69 Å². The lowest BCUT2D eigenvalue weighted by atomic mass is 9.94. The highest BCUT2D eigenvalue weighted by Crippen LogP contribution is 2.12. The van der Waals surface area contributed by atoms with Crippen LogP contribution in [0.3, 0.4) is 0 Å². The number of nitrogens with one attached hydrogen (secondary N) is 2. The van der Waals surface area contributed by atoms with Gasteiger partial charge in [0, 0.05) is 6.20 Å². The van der Waals surface area contributed by atoms with Crippen LogP contribution >= 0.6 is 0 Å². The molecule has 0 saturated carbocycles. The lowest BCUT2D eigenvalue weighted by Crippen LogP contribution is -2.30. The van der Waals surface area contributed by atoms with Crippen LogP contribution in [0.15, 0.2) is 15.8 Å². The van der Waals surface area contributed by atoms with Gasteiger partial charge in [-0.25, -0.2) is 4.79 Å². The topological polar surface area (TPSA) is 99.9 Å². The van der Waals surface area contributed by atoms with Crippen molar-refractivity contribution in [2.24, 2.45) is 0 Å². The molecule has 1 heterocycles. The van der Waals surface area contributed by atoms with Crippen molar-refractivity contribution in [1.29, 1.82) is 0 Å². The average Bonchev–Trinajstić information content (AvgIpc) is 2.08. The van der Waals surface area contributed by atoms with Crippen molar-refractivity contribution >= 4 is 11.6 Å². The fourth-order valence-corrected chi connectivity index (χ4v) is 1.36. The highest BCUT2D eigenvalue weighted by Gasteiger charge is 2.24. The highest BCUT2D eigenvalue weighted by atomic mass is 16.2. The number of Topliss-reactive ketones (excluding diaryl/α,β-unsaturated/α-hetero) is 2. The first-order valence-corrected chi connectivity index (χ1v) is 4.26. The maximum Gasteiger partial charge on any atom is 0.325 e. The normalized spacial score (nSPS) is 10.3. The summed E-state index contributed by atoms with van der Waals surface area (Å²) in [5.41, 5.74) is -1.42. The van der Waals surface area contributed by atoms with Gasteiger partial charge < -0.3 is 4.98 Å². The Bertz CT molecular complexity index is 497. The molecule has 1 rings (SSSR count). The fraction of sp³-hybridized carbons (Fsp3) is 0.333. The molecule has 80 valence electrons. The van der Waals surface area contributed by atoms with E-state index in [-0.39, 0.29) is 5.56 Å². The Morgan fingerprint density at radius 3 is 2.13 bits per heavy atom.